The van der Waals surface area contributed by atoms with Crippen molar-refractivity contribution in [2.45, 2.75) is 0 Å². The second-order valence-electron chi connectivity index (χ2n) is 0.933. The summed E-state index contributed by atoms with van der Waals surface area (Å²) in [5.41, 5.74) is 0. The van der Waals surface area contributed by atoms with Gasteiger partial charge in [-0.05, 0) is 0 Å². The van der Waals surface area contributed by atoms with Crippen molar-refractivity contribution in [2.24, 2.45) is 0 Å². The number of aromatic amines is 1. The van der Waals surface area contributed by atoms with E-state index in [4.69, 9.17) is 0 Å². The Hall–Kier alpha value is -0.770. The highest BCUT2D eigenvalue weighted by molar-refractivity contribution is 7.79. The van der Waals surface area contributed by atoms with Crippen molar-refractivity contribution >= 4 is 17.6 Å². The molecule has 1 N–H and O–H groups in total. The van der Waals surface area contributed by atoms with Gasteiger partial charge in [-0.2, -0.15) is 0 Å². The molecule has 7 heavy (non-hydrogen) atoms. The zero-order valence-electron chi connectivity index (χ0n) is 3.42. The Morgan fingerprint density at radius 3 is 3.14 bits per heavy atom. The van der Waals surface area contributed by atoms with Gasteiger partial charge in [-0.3, -0.25) is 0 Å². The van der Waals surface area contributed by atoms with Crippen LogP contribution in [0.15, 0.2) is 10.8 Å². The molecule has 1 rings (SSSR count). The summed E-state index contributed by atoms with van der Waals surface area (Å²) in [4.78, 5) is 0. The van der Waals surface area contributed by atoms with Crippen LogP contribution < -0.4 is 5.10 Å². The summed E-state index contributed by atoms with van der Waals surface area (Å²) in [6, 6.07) is 0. The van der Waals surface area contributed by atoms with Crippen molar-refractivity contribution in [2.75, 3.05) is 0 Å². The number of rotatable bonds is 1. The van der Waals surface area contributed by atoms with Crippen molar-refractivity contribution in [3.8, 4) is 0 Å². The Morgan fingerprint density at radius 1 is 2.00 bits per heavy atom. The van der Waals surface area contributed by atoms with Gasteiger partial charge in [0.15, 0.2) is 0 Å². The lowest BCUT2D eigenvalue weighted by Crippen LogP contribution is -1.98. The molecule has 1 aromatic rings. The Balaban J connectivity index is 2.96. The number of aromatic nitrogens is 2. The van der Waals surface area contributed by atoms with Crippen LogP contribution in [0.2, 0.25) is 0 Å². The van der Waals surface area contributed by atoms with Gasteiger partial charge in [0.2, 0.25) is 0 Å². The Bertz CT molecular complexity index is 148. The van der Waals surface area contributed by atoms with Crippen LogP contribution in [0.25, 0.3) is 0 Å². The molecule has 3 nitrogen and oxygen atoms in total. The summed E-state index contributed by atoms with van der Waals surface area (Å²) in [6.45, 7) is 0. The average molecular weight is 115 g/mol. The summed E-state index contributed by atoms with van der Waals surface area (Å²) in [5, 5.41) is 7.41. The van der Waals surface area contributed by atoms with E-state index in [1.165, 1.54) is 11.8 Å². The van der Waals surface area contributed by atoms with Gasteiger partial charge >= 0.3 is 6.39 Å². The fourth-order valence-corrected chi connectivity index (χ4v) is 0.365. The zero-order valence-corrected chi connectivity index (χ0v) is 4.23. The number of H-pyrrole nitrogens is 1. The quantitative estimate of drug-likeness (QED) is 0.477. The van der Waals surface area contributed by atoms with Crippen LogP contribution >= 0.6 is 12.2 Å². The maximum absolute atomic E-state index is 4.66. The van der Waals surface area contributed by atoms with Crippen LogP contribution in [0, 0.1) is 0 Å². The lowest BCUT2D eigenvalue weighted by Gasteiger charge is -1.61. The highest BCUT2D eigenvalue weighted by Crippen LogP contribution is 1.79. The smallest absolute Gasteiger partial charge is 0.359 e. The third kappa shape index (κ3) is 0.806. The first kappa shape index (κ1) is 4.39. The normalized spacial score (nSPS) is 8.57. The van der Waals surface area contributed by atoms with Crippen molar-refractivity contribution < 1.29 is 9.52 Å². The molecule has 0 aromatic carbocycles. The van der Waals surface area contributed by atoms with E-state index in [2.05, 4.69) is 26.8 Å². The Kier molecular flexibility index (Phi) is 1.12. The molecule has 1 heterocycles. The molecular weight excluding hydrogens is 112 g/mol. The maximum atomic E-state index is 4.66. The average Bonchev–Trinajstić information content (AvgIpc) is 2.14. The molecule has 0 bridgehead atoms. The van der Waals surface area contributed by atoms with Gasteiger partial charge in [-0.15, -0.1) is 0 Å². The minimum Gasteiger partial charge on any atom is -0.383 e. The van der Waals surface area contributed by atoms with Crippen LogP contribution in [-0.4, -0.2) is 10.5 Å². The Morgan fingerprint density at radius 2 is 2.86 bits per heavy atom. The van der Waals surface area contributed by atoms with E-state index in [1.807, 2.05) is 0 Å². The predicted octanol–water partition coefficient (Wildman–Crippen LogP) is -0.164. The van der Waals surface area contributed by atoms with Gasteiger partial charge in [0.05, 0.1) is 5.37 Å². The summed E-state index contributed by atoms with van der Waals surface area (Å²) in [7, 11) is 0. The fraction of sp³-hybridized carbons (Fsp3) is 0. The van der Waals surface area contributed by atoms with Crippen molar-refractivity contribution in [1.82, 2.24) is 5.10 Å². The Labute approximate surface area is 45.4 Å². The van der Waals surface area contributed by atoms with Gasteiger partial charge in [-0.25, -0.2) is 0 Å². The molecule has 1 aromatic heterocycles. The number of hydrogen-bond donors (Lipinski definition) is 0. The van der Waals surface area contributed by atoms with Crippen LogP contribution in [-0.2, 0) is 0 Å². The van der Waals surface area contributed by atoms with Gasteiger partial charge in [0, 0.05) is 5.10 Å². The molecular formula is C3H3N2OS+. The van der Waals surface area contributed by atoms with Crippen LogP contribution in [0.1, 0.15) is 5.89 Å². The second-order valence-corrected chi connectivity index (χ2v) is 1.17. The molecule has 0 atom stereocenters. The molecule has 0 aliphatic carbocycles. The largest absolute Gasteiger partial charge is 0.383 e. The SMILES string of the molecule is S=Cc1n[nH+]co1. The van der Waals surface area contributed by atoms with Crippen LogP contribution in [0.3, 0.4) is 0 Å². The molecule has 0 amide bonds. The number of hydrogen-bond acceptors (Lipinski definition) is 3. The molecule has 36 valence electrons. The highest BCUT2D eigenvalue weighted by Gasteiger charge is 1.91. The van der Waals surface area contributed by atoms with Crippen molar-refractivity contribution in [3.05, 3.63) is 12.3 Å². The molecule has 0 radical (unpaired) electrons. The van der Waals surface area contributed by atoms with Crippen molar-refractivity contribution in [3.63, 3.8) is 0 Å². The number of nitrogens with one attached hydrogen (secondary N) is 1. The van der Waals surface area contributed by atoms with Gasteiger partial charge in [0.25, 0.3) is 5.89 Å². The molecule has 0 unspecified atom stereocenters. The summed E-state index contributed by atoms with van der Waals surface area (Å²) in [6.07, 6.45) is 1.36. The van der Waals surface area contributed by atoms with Crippen molar-refractivity contribution in [1.29, 1.82) is 0 Å². The minimum absolute atomic E-state index is 0.440. The van der Waals surface area contributed by atoms with E-state index < -0.39 is 0 Å². The van der Waals surface area contributed by atoms with E-state index in [1.54, 1.807) is 0 Å². The van der Waals surface area contributed by atoms with Gasteiger partial charge in [-0.1, -0.05) is 17.3 Å². The molecule has 0 aliphatic rings. The van der Waals surface area contributed by atoms with Crippen LogP contribution in [0.4, 0.5) is 0 Å². The van der Waals surface area contributed by atoms with E-state index in [0.717, 1.165) is 0 Å². The number of thiocarbonyl (C=S) groups is 1. The lowest BCUT2D eigenvalue weighted by molar-refractivity contribution is -0.455. The van der Waals surface area contributed by atoms with E-state index in [0.29, 0.717) is 5.89 Å². The maximum Gasteiger partial charge on any atom is 0.359 e. The molecule has 0 saturated carbocycles. The molecule has 0 aliphatic heterocycles. The molecule has 0 saturated heterocycles. The van der Waals surface area contributed by atoms with E-state index >= 15 is 0 Å². The van der Waals surface area contributed by atoms with Gasteiger partial charge < -0.3 is 4.42 Å². The molecule has 0 spiro atoms. The highest BCUT2D eigenvalue weighted by atomic mass is 32.1. The predicted molar refractivity (Wildman–Crippen MR) is 25.8 cm³/mol. The van der Waals surface area contributed by atoms with Crippen LogP contribution in [0.5, 0.6) is 0 Å². The second kappa shape index (κ2) is 1.79. The standard InChI is InChI=1S/C3H2N2OS/c7-1-3-5-4-2-6-3/h1-2H/p+1. The van der Waals surface area contributed by atoms with Gasteiger partial charge in [0.1, 0.15) is 0 Å². The van der Waals surface area contributed by atoms with E-state index in [9.17, 15) is 0 Å². The first-order valence-electron chi connectivity index (χ1n) is 1.70. The third-order valence-corrected chi connectivity index (χ3v) is 0.710. The third-order valence-electron chi connectivity index (χ3n) is 0.508. The first-order chi connectivity index (χ1) is 3.43. The molecule has 0 fully saturated rings. The molecule has 4 heteroatoms. The minimum atomic E-state index is 0.440. The summed E-state index contributed by atoms with van der Waals surface area (Å²) < 4.78 is 4.66. The topological polar surface area (TPSA) is 40.2 Å². The first-order valence-corrected chi connectivity index (χ1v) is 2.17. The monoisotopic (exact) mass is 115 g/mol. The number of nitrogens with zero attached hydrogens (tertiary/aromatic N) is 1. The fourth-order valence-electron chi connectivity index (χ4n) is 0.257. The summed E-state index contributed by atoms with van der Waals surface area (Å²) in [5.74, 6) is 0.440. The summed E-state index contributed by atoms with van der Waals surface area (Å²) >= 11 is 4.47. The zero-order chi connectivity index (χ0) is 5.11. The van der Waals surface area contributed by atoms with E-state index in [-0.39, 0.29) is 0 Å². The lowest BCUT2D eigenvalue weighted by atomic mass is 10.8.